The van der Waals surface area contributed by atoms with Crippen molar-refractivity contribution in [3.8, 4) is 5.75 Å². The highest BCUT2D eigenvalue weighted by atomic mass is 16.5. The van der Waals surface area contributed by atoms with Gasteiger partial charge in [-0.2, -0.15) is 0 Å². The van der Waals surface area contributed by atoms with E-state index in [1.807, 2.05) is 19.1 Å². The third kappa shape index (κ3) is 4.65. The number of hydrogen-bond donors (Lipinski definition) is 2. The molecule has 1 aromatic carbocycles. The molecule has 7 nitrogen and oxygen atoms in total. The van der Waals surface area contributed by atoms with Gasteiger partial charge in [-0.15, -0.1) is 10.2 Å². The number of amides is 1. The molecule has 0 saturated heterocycles. The summed E-state index contributed by atoms with van der Waals surface area (Å²) in [6.45, 7) is 3.13. The van der Waals surface area contributed by atoms with Crippen LogP contribution in [0.4, 0.5) is 11.5 Å². The van der Waals surface area contributed by atoms with Gasteiger partial charge in [0.2, 0.25) is 0 Å². The lowest BCUT2D eigenvalue weighted by Gasteiger charge is -2.10. The number of ether oxygens (including phenoxy) is 2. The predicted octanol–water partition coefficient (Wildman–Crippen LogP) is 2.10. The molecule has 0 aliphatic rings. The molecule has 0 unspecified atom stereocenters. The van der Waals surface area contributed by atoms with E-state index in [2.05, 4.69) is 20.8 Å². The third-order valence-corrected chi connectivity index (χ3v) is 3.11. The molecular weight excluding hydrogens is 296 g/mol. The van der Waals surface area contributed by atoms with Gasteiger partial charge >= 0.3 is 0 Å². The van der Waals surface area contributed by atoms with Gasteiger partial charge in [0.1, 0.15) is 11.6 Å². The molecule has 2 N–H and O–H groups in total. The summed E-state index contributed by atoms with van der Waals surface area (Å²) in [7, 11) is 3.18. The lowest BCUT2D eigenvalue weighted by Crippen LogP contribution is -2.16. The van der Waals surface area contributed by atoms with Crippen LogP contribution >= 0.6 is 0 Å². The van der Waals surface area contributed by atoms with Crippen molar-refractivity contribution in [2.75, 3.05) is 38.0 Å². The number of anilines is 2. The van der Waals surface area contributed by atoms with Crippen LogP contribution in [-0.2, 0) is 4.74 Å². The van der Waals surface area contributed by atoms with Crippen molar-refractivity contribution < 1.29 is 14.3 Å². The molecule has 1 amide bonds. The van der Waals surface area contributed by atoms with Crippen molar-refractivity contribution >= 4 is 17.4 Å². The van der Waals surface area contributed by atoms with Crippen LogP contribution in [-0.4, -0.2) is 43.5 Å². The van der Waals surface area contributed by atoms with Crippen LogP contribution < -0.4 is 15.4 Å². The number of aryl methyl sites for hydroxylation is 1. The van der Waals surface area contributed by atoms with Crippen LogP contribution in [0.15, 0.2) is 30.3 Å². The molecule has 0 aliphatic heterocycles. The van der Waals surface area contributed by atoms with Gasteiger partial charge in [0.15, 0.2) is 5.69 Å². The molecule has 23 heavy (non-hydrogen) atoms. The Morgan fingerprint density at radius 2 is 2.00 bits per heavy atom. The number of rotatable bonds is 7. The van der Waals surface area contributed by atoms with Gasteiger partial charge in [0, 0.05) is 13.7 Å². The lowest BCUT2D eigenvalue weighted by molar-refractivity contribution is 0.102. The Kier molecular flexibility index (Phi) is 5.87. The van der Waals surface area contributed by atoms with E-state index in [-0.39, 0.29) is 11.6 Å². The SMILES string of the molecule is COCCNc1ccc(C(=O)Nc2cc(C)ccc2OC)nn1. The van der Waals surface area contributed by atoms with Gasteiger partial charge in [-0.1, -0.05) is 6.07 Å². The number of carbonyl (C=O) groups is 1. The molecule has 1 heterocycles. The summed E-state index contributed by atoms with van der Waals surface area (Å²) in [6, 6.07) is 8.86. The third-order valence-electron chi connectivity index (χ3n) is 3.11. The fourth-order valence-electron chi connectivity index (χ4n) is 1.93. The molecule has 7 heteroatoms. The molecule has 2 aromatic rings. The van der Waals surface area contributed by atoms with E-state index in [9.17, 15) is 4.79 Å². The van der Waals surface area contributed by atoms with E-state index in [0.717, 1.165) is 5.56 Å². The van der Waals surface area contributed by atoms with E-state index in [1.165, 1.54) is 0 Å². The maximum absolute atomic E-state index is 12.3. The Labute approximate surface area is 135 Å². The van der Waals surface area contributed by atoms with Gasteiger partial charge in [-0.25, -0.2) is 0 Å². The number of aromatic nitrogens is 2. The highest BCUT2D eigenvalue weighted by Gasteiger charge is 2.12. The van der Waals surface area contributed by atoms with Crippen LogP contribution in [0.2, 0.25) is 0 Å². The zero-order valence-corrected chi connectivity index (χ0v) is 13.4. The first-order chi connectivity index (χ1) is 11.1. The molecule has 0 radical (unpaired) electrons. The summed E-state index contributed by atoms with van der Waals surface area (Å²) in [5.74, 6) is 0.839. The molecule has 0 atom stereocenters. The lowest BCUT2D eigenvalue weighted by atomic mass is 10.2. The molecule has 1 aromatic heterocycles. The number of hydrogen-bond acceptors (Lipinski definition) is 6. The maximum Gasteiger partial charge on any atom is 0.276 e. The largest absolute Gasteiger partial charge is 0.495 e. The van der Waals surface area contributed by atoms with Crippen molar-refractivity contribution in [1.82, 2.24) is 10.2 Å². The van der Waals surface area contributed by atoms with Gasteiger partial charge in [-0.3, -0.25) is 4.79 Å². The molecule has 0 saturated carbocycles. The second kappa shape index (κ2) is 8.09. The van der Waals surface area contributed by atoms with Crippen LogP contribution in [0.1, 0.15) is 16.1 Å². The van der Waals surface area contributed by atoms with Crippen LogP contribution in [0.25, 0.3) is 0 Å². The van der Waals surface area contributed by atoms with Crippen LogP contribution in [0.5, 0.6) is 5.75 Å². The van der Waals surface area contributed by atoms with E-state index in [4.69, 9.17) is 9.47 Å². The minimum atomic E-state index is -0.343. The Morgan fingerprint density at radius 1 is 1.17 bits per heavy atom. The van der Waals surface area contributed by atoms with Crippen molar-refractivity contribution in [3.05, 3.63) is 41.6 Å². The van der Waals surface area contributed by atoms with E-state index in [1.54, 1.807) is 32.4 Å². The topological polar surface area (TPSA) is 85.4 Å². The smallest absolute Gasteiger partial charge is 0.276 e. The van der Waals surface area contributed by atoms with Gasteiger partial charge in [0.05, 0.1) is 19.4 Å². The second-order valence-electron chi connectivity index (χ2n) is 4.88. The first kappa shape index (κ1) is 16.7. The molecule has 0 bridgehead atoms. The molecule has 0 spiro atoms. The average Bonchev–Trinajstić information content (AvgIpc) is 2.56. The number of carbonyl (C=O) groups excluding carboxylic acids is 1. The monoisotopic (exact) mass is 316 g/mol. The molecule has 0 aliphatic carbocycles. The zero-order valence-electron chi connectivity index (χ0n) is 13.4. The van der Waals surface area contributed by atoms with Crippen molar-refractivity contribution in [2.45, 2.75) is 6.92 Å². The normalized spacial score (nSPS) is 10.2. The van der Waals surface area contributed by atoms with Crippen molar-refractivity contribution in [3.63, 3.8) is 0 Å². The zero-order chi connectivity index (χ0) is 16.7. The molecule has 0 fully saturated rings. The highest BCUT2D eigenvalue weighted by molar-refractivity contribution is 6.03. The first-order valence-electron chi connectivity index (χ1n) is 7.16. The van der Waals surface area contributed by atoms with Gasteiger partial charge < -0.3 is 20.1 Å². The van der Waals surface area contributed by atoms with E-state index < -0.39 is 0 Å². The highest BCUT2D eigenvalue weighted by Crippen LogP contribution is 2.25. The first-order valence-corrected chi connectivity index (χ1v) is 7.16. The summed E-state index contributed by atoms with van der Waals surface area (Å²) < 4.78 is 10.2. The summed E-state index contributed by atoms with van der Waals surface area (Å²) in [6.07, 6.45) is 0. The Bertz CT molecular complexity index is 659. The summed E-state index contributed by atoms with van der Waals surface area (Å²) in [5, 5.41) is 13.7. The fourth-order valence-corrected chi connectivity index (χ4v) is 1.93. The number of nitrogens with one attached hydrogen (secondary N) is 2. The second-order valence-corrected chi connectivity index (χ2v) is 4.88. The molecule has 122 valence electrons. The minimum absolute atomic E-state index is 0.228. The van der Waals surface area contributed by atoms with Crippen molar-refractivity contribution in [2.24, 2.45) is 0 Å². The Hall–Kier alpha value is -2.67. The van der Waals surface area contributed by atoms with E-state index >= 15 is 0 Å². The summed E-state index contributed by atoms with van der Waals surface area (Å²) in [4.78, 5) is 12.3. The molecular formula is C16H20N4O3. The summed E-state index contributed by atoms with van der Waals surface area (Å²) in [5.41, 5.74) is 1.84. The Morgan fingerprint density at radius 3 is 2.65 bits per heavy atom. The van der Waals surface area contributed by atoms with Gasteiger partial charge in [0.25, 0.3) is 5.91 Å². The summed E-state index contributed by atoms with van der Waals surface area (Å²) >= 11 is 0. The van der Waals surface area contributed by atoms with Crippen molar-refractivity contribution in [1.29, 1.82) is 0 Å². The fraction of sp³-hybridized carbons (Fsp3) is 0.312. The quantitative estimate of drug-likeness (QED) is 0.761. The number of methoxy groups -OCH3 is 2. The predicted molar refractivity (Wildman–Crippen MR) is 88.1 cm³/mol. The van der Waals surface area contributed by atoms with Crippen LogP contribution in [0.3, 0.4) is 0 Å². The average molecular weight is 316 g/mol. The van der Waals surface area contributed by atoms with E-state index in [0.29, 0.717) is 30.4 Å². The standard InChI is InChI=1S/C16H20N4O3/c1-11-4-6-14(23-3)13(10-11)18-16(21)12-5-7-15(20-19-12)17-8-9-22-2/h4-7,10H,8-9H2,1-3H3,(H,17,20)(H,18,21). The maximum atomic E-state index is 12.3. The minimum Gasteiger partial charge on any atom is -0.495 e. The Balaban J connectivity index is 2.05. The van der Waals surface area contributed by atoms with Crippen LogP contribution in [0, 0.1) is 6.92 Å². The number of benzene rings is 1. The molecule has 2 rings (SSSR count). The van der Waals surface area contributed by atoms with Gasteiger partial charge in [-0.05, 0) is 36.8 Å². The number of nitrogens with zero attached hydrogens (tertiary/aromatic N) is 2.